The molecule has 1 fully saturated rings. The van der Waals surface area contributed by atoms with E-state index in [2.05, 4.69) is 32.1 Å². The fraction of sp³-hybridized carbons (Fsp3) is 0.280. The quantitative estimate of drug-likeness (QED) is 0.346. The van der Waals surface area contributed by atoms with Crippen molar-refractivity contribution in [2.75, 3.05) is 30.0 Å². The van der Waals surface area contributed by atoms with Gasteiger partial charge in [0.2, 0.25) is 0 Å². The van der Waals surface area contributed by atoms with E-state index in [0.29, 0.717) is 5.82 Å². The zero-order chi connectivity index (χ0) is 23.8. The van der Waals surface area contributed by atoms with Crippen LogP contribution >= 0.6 is 0 Å². The van der Waals surface area contributed by atoms with Gasteiger partial charge in [0, 0.05) is 38.8 Å². The molecule has 1 aliphatic rings. The average molecular weight is 464 g/mol. The van der Waals surface area contributed by atoms with Crippen LogP contribution in [0.1, 0.15) is 24.1 Å². The molecule has 3 heterocycles. The molecule has 34 heavy (non-hydrogen) atoms. The molecule has 0 radical (unpaired) electrons. The number of hydrogen-bond donors (Lipinski definition) is 2. The van der Waals surface area contributed by atoms with Crippen molar-refractivity contribution in [3.05, 3.63) is 83.7 Å². The molecule has 176 valence electrons. The second kappa shape index (κ2) is 9.00. The molecule has 7 nitrogen and oxygen atoms in total. The lowest BCUT2D eigenvalue weighted by atomic mass is 9.95. The number of fused-ring (bicyclic) bond motifs is 1. The highest BCUT2D eigenvalue weighted by atomic mass is 19.1. The summed E-state index contributed by atoms with van der Waals surface area (Å²) in [6.07, 6.45) is 1.75. The Morgan fingerprint density at radius 3 is 2.18 bits per heavy atom. The summed E-state index contributed by atoms with van der Waals surface area (Å²) in [6, 6.07) is 15.1. The van der Waals surface area contributed by atoms with E-state index in [0.717, 1.165) is 47.6 Å². The van der Waals surface area contributed by atoms with Crippen LogP contribution in [-0.2, 0) is 7.05 Å². The lowest BCUT2D eigenvalue weighted by Crippen LogP contribution is -2.53. The zero-order valence-corrected chi connectivity index (χ0v) is 19.1. The van der Waals surface area contributed by atoms with Crippen molar-refractivity contribution >= 4 is 22.7 Å². The van der Waals surface area contributed by atoms with Gasteiger partial charge in [0.15, 0.2) is 5.65 Å². The summed E-state index contributed by atoms with van der Waals surface area (Å²) in [6.45, 7) is 4.43. The Kier molecular flexibility index (Phi) is 5.89. The fourth-order valence-electron chi connectivity index (χ4n) is 4.86. The molecule has 9 heteroatoms. The van der Waals surface area contributed by atoms with Crippen molar-refractivity contribution in [1.82, 2.24) is 19.4 Å². The van der Waals surface area contributed by atoms with E-state index in [1.165, 1.54) is 24.3 Å². The zero-order valence-electron chi connectivity index (χ0n) is 19.1. The standard InChI is InChI=1S/C25H27F2N7/c1-16-14-33(24(17-3-7-19(26)8-4-17)18-5-9-20(27)10-6-18)11-12-34(16)21-13-22(31-28)30-25-23(21)29-15-32(25)2/h3-10,13,15-16,24H,11-12,14,28H2,1-2H3,(H,30,31). The predicted octanol–water partition coefficient (Wildman–Crippen LogP) is 3.83. The Morgan fingerprint density at radius 1 is 1.00 bits per heavy atom. The first-order valence-corrected chi connectivity index (χ1v) is 11.2. The third kappa shape index (κ3) is 4.08. The van der Waals surface area contributed by atoms with Crippen molar-refractivity contribution in [1.29, 1.82) is 0 Å². The van der Waals surface area contributed by atoms with Crippen molar-refractivity contribution in [2.45, 2.75) is 19.0 Å². The highest BCUT2D eigenvalue weighted by Crippen LogP contribution is 2.34. The number of anilines is 2. The second-order valence-electron chi connectivity index (χ2n) is 8.74. The molecule has 0 spiro atoms. The first-order valence-electron chi connectivity index (χ1n) is 11.2. The molecule has 1 atom stereocenters. The molecule has 5 rings (SSSR count). The molecular formula is C25H27F2N7. The fourth-order valence-corrected chi connectivity index (χ4v) is 4.86. The monoisotopic (exact) mass is 463 g/mol. The minimum atomic E-state index is -0.277. The maximum Gasteiger partial charge on any atom is 0.164 e. The lowest BCUT2D eigenvalue weighted by molar-refractivity contribution is 0.188. The molecule has 3 N–H and O–H groups in total. The van der Waals surface area contributed by atoms with Crippen LogP contribution in [0.5, 0.6) is 0 Å². The van der Waals surface area contributed by atoms with Crippen LogP contribution < -0.4 is 16.2 Å². The highest BCUT2D eigenvalue weighted by Gasteiger charge is 2.32. The molecule has 2 aromatic heterocycles. The third-order valence-electron chi connectivity index (χ3n) is 6.50. The topological polar surface area (TPSA) is 75.2 Å². The molecule has 0 bridgehead atoms. The number of benzene rings is 2. The SMILES string of the molecule is CC1CN(C(c2ccc(F)cc2)c2ccc(F)cc2)CCN1c1cc(NN)nc2c1ncn2C. The van der Waals surface area contributed by atoms with E-state index >= 15 is 0 Å². The average Bonchev–Trinajstić information content (AvgIpc) is 3.22. The van der Waals surface area contributed by atoms with Crippen LogP contribution in [0.25, 0.3) is 11.2 Å². The van der Waals surface area contributed by atoms with Gasteiger partial charge >= 0.3 is 0 Å². The van der Waals surface area contributed by atoms with Gasteiger partial charge in [-0.3, -0.25) is 4.90 Å². The number of hydrazine groups is 1. The predicted molar refractivity (Wildman–Crippen MR) is 129 cm³/mol. The van der Waals surface area contributed by atoms with Gasteiger partial charge in [0.1, 0.15) is 23.0 Å². The van der Waals surface area contributed by atoms with Crippen LogP contribution in [0.3, 0.4) is 0 Å². The normalized spacial score (nSPS) is 17.0. The number of nitrogens with zero attached hydrogens (tertiary/aromatic N) is 5. The summed E-state index contributed by atoms with van der Waals surface area (Å²) in [5, 5.41) is 0. The molecule has 1 aliphatic heterocycles. The van der Waals surface area contributed by atoms with E-state index in [1.54, 1.807) is 30.6 Å². The Labute approximate surface area is 196 Å². The Morgan fingerprint density at radius 2 is 1.62 bits per heavy atom. The molecule has 0 amide bonds. The van der Waals surface area contributed by atoms with Crippen molar-refractivity contribution in [3.63, 3.8) is 0 Å². The van der Waals surface area contributed by atoms with Crippen LogP contribution in [0, 0.1) is 11.6 Å². The lowest BCUT2D eigenvalue weighted by Gasteiger charge is -2.44. The maximum absolute atomic E-state index is 13.6. The van der Waals surface area contributed by atoms with E-state index in [-0.39, 0.29) is 23.7 Å². The number of hydrogen-bond acceptors (Lipinski definition) is 6. The number of nitrogen functional groups attached to an aromatic ring is 1. The van der Waals surface area contributed by atoms with E-state index in [4.69, 9.17) is 5.84 Å². The molecular weight excluding hydrogens is 436 g/mol. The summed E-state index contributed by atoms with van der Waals surface area (Å²) in [5.41, 5.74) is 7.17. The van der Waals surface area contributed by atoms with Crippen LogP contribution in [0.4, 0.5) is 20.3 Å². The van der Waals surface area contributed by atoms with E-state index < -0.39 is 0 Å². The molecule has 0 saturated carbocycles. The summed E-state index contributed by atoms with van der Waals surface area (Å²) in [7, 11) is 1.91. The smallest absolute Gasteiger partial charge is 0.164 e. The molecule has 0 aliphatic carbocycles. The van der Waals surface area contributed by atoms with Crippen LogP contribution in [0.2, 0.25) is 0 Å². The molecule has 1 unspecified atom stereocenters. The largest absolute Gasteiger partial charge is 0.364 e. The van der Waals surface area contributed by atoms with Crippen LogP contribution in [-0.4, -0.2) is 45.1 Å². The van der Waals surface area contributed by atoms with Gasteiger partial charge in [-0.25, -0.2) is 24.6 Å². The summed E-state index contributed by atoms with van der Waals surface area (Å²) in [5.74, 6) is 5.71. The highest BCUT2D eigenvalue weighted by molar-refractivity contribution is 5.88. The Balaban J connectivity index is 1.47. The number of rotatable bonds is 5. The minimum absolute atomic E-state index is 0.112. The van der Waals surface area contributed by atoms with Crippen molar-refractivity contribution in [3.8, 4) is 0 Å². The number of imidazole rings is 1. The first-order chi connectivity index (χ1) is 16.4. The number of nitrogens with two attached hydrogens (primary N) is 1. The van der Waals surface area contributed by atoms with Crippen molar-refractivity contribution in [2.24, 2.45) is 12.9 Å². The second-order valence-corrected chi connectivity index (χ2v) is 8.74. The molecule has 1 saturated heterocycles. The van der Waals surface area contributed by atoms with Gasteiger partial charge in [0.25, 0.3) is 0 Å². The molecule has 4 aromatic rings. The van der Waals surface area contributed by atoms with Crippen molar-refractivity contribution < 1.29 is 8.78 Å². The van der Waals surface area contributed by atoms with Gasteiger partial charge in [-0.05, 0) is 42.3 Å². The van der Waals surface area contributed by atoms with Gasteiger partial charge in [-0.15, -0.1) is 0 Å². The third-order valence-corrected chi connectivity index (χ3v) is 6.50. The Hall–Kier alpha value is -3.56. The van der Waals surface area contributed by atoms with Crippen LogP contribution in [0.15, 0.2) is 60.9 Å². The number of halogens is 2. The first kappa shape index (κ1) is 22.2. The van der Waals surface area contributed by atoms with Gasteiger partial charge in [-0.2, -0.15) is 0 Å². The number of aromatic nitrogens is 3. The van der Waals surface area contributed by atoms with Gasteiger partial charge in [-0.1, -0.05) is 24.3 Å². The van der Waals surface area contributed by atoms with Gasteiger partial charge in [0.05, 0.1) is 18.1 Å². The van der Waals surface area contributed by atoms with Gasteiger partial charge < -0.3 is 14.9 Å². The summed E-state index contributed by atoms with van der Waals surface area (Å²) in [4.78, 5) is 13.8. The number of aryl methyl sites for hydroxylation is 1. The van der Waals surface area contributed by atoms with E-state index in [9.17, 15) is 8.78 Å². The number of piperazine rings is 1. The number of pyridine rings is 1. The summed E-state index contributed by atoms with van der Waals surface area (Å²) < 4.78 is 29.2. The minimum Gasteiger partial charge on any atom is -0.364 e. The summed E-state index contributed by atoms with van der Waals surface area (Å²) >= 11 is 0. The van der Waals surface area contributed by atoms with E-state index in [1.807, 2.05) is 17.7 Å². The Bertz CT molecular complexity index is 1240. The number of nitrogens with one attached hydrogen (secondary N) is 1. The maximum atomic E-state index is 13.6. The molecule has 2 aromatic carbocycles.